The number of hydrogen-bond acceptors (Lipinski definition) is 2. The Hall–Kier alpha value is -0.570. The summed E-state index contributed by atoms with van der Waals surface area (Å²) in [6.45, 7) is 0. The molecule has 0 heterocycles. The summed E-state index contributed by atoms with van der Waals surface area (Å²) in [5, 5.41) is 3.60. The highest BCUT2D eigenvalue weighted by atomic mass is 16.1. The molecule has 3 N–H and O–H groups in total. The van der Waals surface area contributed by atoms with E-state index in [0.29, 0.717) is 6.04 Å². The maximum Gasteiger partial charge on any atom is 0.237 e. The van der Waals surface area contributed by atoms with E-state index < -0.39 is 0 Å². The number of amides is 1. The molecule has 2 rings (SSSR count). The Morgan fingerprint density at radius 2 is 1.56 bits per heavy atom. The van der Waals surface area contributed by atoms with Crippen molar-refractivity contribution in [3.8, 4) is 0 Å². The van der Waals surface area contributed by atoms with Crippen LogP contribution in [-0.4, -0.2) is 17.5 Å². The fraction of sp³-hybridized carbons (Fsp3) is 0.923. The standard InChI is InChI=1S/C13H24N2O/c14-12(16)13(9-5-6-10-13)15-11-7-3-1-2-4-8-11/h11,15H,1-10H2,(H2,14,16). The average Bonchev–Trinajstić information content (AvgIpc) is 2.58. The summed E-state index contributed by atoms with van der Waals surface area (Å²) < 4.78 is 0. The average molecular weight is 224 g/mol. The van der Waals surface area contributed by atoms with Gasteiger partial charge in [0.25, 0.3) is 0 Å². The van der Waals surface area contributed by atoms with Gasteiger partial charge in [0.2, 0.25) is 5.91 Å². The zero-order valence-corrected chi connectivity index (χ0v) is 10.1. The van der Waals surface area contributed by atoms with Gasteiger partial charge in [-0.1, -0.05) is 38.5 Å². The molecular weight excluding hydrogens is 200 g/mol. The van der Waals surface area contributed by atoms with Gasteiger partial charge in [-0.3, -0.25) is 4.79 Å². The van der Waals surface area contributed by atoms with Crippen molar-refractivity contribution in [3.63, 3.8) is 0 Å². The van der Waals surface area contributed by atoms with Gasteiger partial charge < -0.3 is 11.1 Å². The Balaban J connectivity index is 1.96. The van der Waals surface area contributed by atoms with E-state index in [0.717, 1.165) is 25.7 Å². The quantitative estimate of drug-likeness (QED) is 0.721. The van der Waals surface area contributed by atoms with E-state index >= 15 is 0 Å². The van der Waals surface area contributed by atoms with Crippen molar-refractivity contribution in [2.75, 3.05) is 0 Å². The normalized spacial score (nSPS) is 26.5. The number of nitrogens with one attached hydrogen (secondary N) is 1. The smallest absolute Gasteiger partial charge is 0.237 e. The molecule has 0 bridgehead atoms. The van der Waals surface area contributed by atoms with E-state index in [1.165, 1.54) is 38.5 Å². The molecule has 3 heteroatoms. The first-order valence-corrected chi connectivity index (χ1v) is 6.81. The summed E-state index contributed by atoms with van der Waals surface area (Å²) in [6.07, 6.45) is 11.9. The fourth-order valence-corrected chi connectivity index (χ4v) is 3.25. The Labute approximate surface area is 98.2 Å². The fourth-order valence-electron chi connectivity index (χ4n) is 3.25. The van der Waals surface area contributed by atoms with Crippen LogP contribution in [-0.2, 0) is 4.79 Å². The Kier molecular flexibility index (Phi) is 3.85. The molecule has 0 aromatic carbocycles. The molecule has 2 aliphatic carbocycles. The number of carbonyl (C=O) groups excluding carboxylic acids is 1. The first kappa shape index (κ1) is 11.9. The van der Waals surface area contributed by atoms with Crippen molar-refractivity contribution < 1.29 is 4.79 Å². The molecule has 0 unspecified atom stereocenters. The minimum atomic E-state index is -0.366. The Bertz CT molecular complexity index is 238. The van der Waals surface area contributed by atoms with Crippen LogP contribution in [0.15, 0.2) is 0 Å². The molecule has 0 radical (unpaired) electrons. The first-order chi connectivity index (χ1) is 7.73. The second kappa shape index (κ2) is 5.17. The highest BCUT2D eigenvalue weighted by Crippen LogP contribution is 2.31. The van der Waals surface area contributed by atoms with Crippen LogP contribution in [0.1, 0.15) is 64.2 Å². The van der Waals surface area contributed by atoms with Crippen molar-refractivity contribution in [2.45, 2.75) is 75.8 Å². The predicted molar refractivity (Wildman–Crippen MR) is 65.0 cm³/mol. The molecular formula is C13H24N2O. The summed E-state index contributed by atoms with van der Waals surface area (Å²) in [7, 11) is 0. The van der Waals surface area contributed by atoms with Crippen molar-refractivity contribution >= 4 is 5.91 Å². The van der Waals surface area contributed by atoms with Gasteiger partial charge >= 0.3 is 0 Å². The Morgan fingerprint density at radius 1 is 1.00 bits per heavy atom. The number of rotatable bonds is 3. The third kappa shape index (κ3) is 2.57. The second-order valence-electron chi connectivity index (χ2n) is 5.49. The SMILES string of the molecule is NC(=O)C1(NC2CCCCCC2)CCCC1. The van der Waals surface area contributed by atoms with Gasteiger partial charge in [-0.15, -0.1) is 0 Å². The van der Waals surface area contributed by atoms with Crippen molar-refractivity contribution in [1.82, 2.24) is 5.32 Å². The third-order valence-corrected chi connectivity index (χ3v) is 4.26. The zero-order valence-electron chi connectivity index (χ0n) is 10.1. The van der Waals surface area contributed by atoms with Crippen LogP contribution in [0.3, 0.4) is 0 Å². The molecule has 0 aliphatic heterocycles. The molecule has 0 aromatic heterocycles. The van der Waals surface area contributed by atoms with E-state index in [9.17, 15) is 4.79 Å². The second-order valence-corrected chi connectivity index (χ2v) is 5.49. The summed E-state index contributed by atoms with van der Waals surface area (Å²) in [4.78, 5) is 11.6. The molecule has 0 saturated heterocycles. The predicted octanol–water partition coefficient (Wildman–Crippen LogP) is 2.10. The van der Waals surface area contributed by atoms with Gasteiger partial charge in [-0.25, -0.2) is 0 Å². The van der Waals surface area contributed by atoms with E-state index in [1.807, 2.05) is 0 Å². The maximum absolute atomic E-state index is 11.6. The van der Waals surface area contributed by atoms with Crippen molar-refractivity contribution in [2.24, 2.45) is 5.73 Å². The molecule has 2 fully saturated rings. The van der Waals surface area contributed by atoms with Crippen LogP contribution in [0.2, 0.25) is 0 Å². The van der Waals surface area contributed by atoms with Gasteiger partial charge in [0.1, 0.15) is 0 Å². The molecule has 0 aromatic rings. The van der Waals surface area contributed by atoms with E-state index in [-0.39, 0.29) is 11.4 Å². The number of nitrogens with two attached hydrogens (primary N) is 1. The van der Waals surface area contributed by atoms with E-state index in [4.69, 9.17) is 5.73 Å². The van der Waals surface area contributed by atoms with E-state index in [2.05, 4.69) is 5.32 Å². The highest BCUT2D eigenvalue weighted by Gasteiger charge is 2.40. The van der Waals surface area contributed by atoms with Gasteiger partial charge in [0, 0.05) is 6.04 Å². The topological polar surface area (TPSA) is 55.1 Å². The van der Waals surface area contributed by atoms with Crippen LogP contribution in [0.25, 0.3) is 0 Å². The molecule has 3 nitrogen and oxygen atoms in total. The lowest BCUT2D eigenvalue weighted by Crippen LogP contribution is -2.56. The molecule has 0 atom stereocenters. The molecule has 0 spiro atoms. The molecule has 2 saturated carbocycles. The number of hydrogen-bond donors (Lipinski definition) is 2. The van der Waals surface area contributed by atoms with Crippen LogP contribution in [0, 0.1) is 0 Å². The number of primary amides is 1. The van der Waals surface area contributed by atoms with Crippen LogP contribution < -0.4 is 11.1 Å². The lowest BCUT2D eigenvalue weighted by Gasteiger charge is -2.31. The summed E-state index contributed by atoms with van der Waals surface area (Å²) in [5.74, 6) is -0.130. The Morgan fingerprint density at radius 3 is 2.06 bits per heavy atom. The highest BCUT2D eigenvalue weighted by molar-refractivity contribution is 5.85. The van der Waals surface area contributed by atoms with Crippen molar-refractivity contribution in [3.05, 3.63) is 0 Å². The largest absolute Gasteiger partial charge is 0.368 e. The summed E-state index contributed by atoms with van der Waals surface area (Å²) >= 11 is 0. The molecule has 1 amide bonds. The van der Waals surface area contributed by atoms with Crippen molar-refractivity contribution in [1.29, 1.82) is 0 Å². The minimum Gasteiger partial charge on any atom is -0.368 e. The third-order valence-electron chi connectivity index (χ3n) is 4.26. The van der Waals surface area contributed by atoms with Gasteiger partial charge in [-0.2, -0.15) is 0 Å². The van der Waals surface area contributed by atoms with Gasteiger partial charge in [-0.05, 0) is 25.7 Å². The van der Waals surface area contributed by atoms with E-state index in [1.54, 1.807) is 0 Å². The molecule has 16 heavy (non-hydrogen) atoms. The maximum atomic E-state index is 11.6. The monoisotopic (exact) mass is 224 g/mol. The first-order valence-electron chi connectivity index (χ1n) is 6.81. The van der Waals surface area contributed by atoms with Crippen LogP contribution in [0.5, 0.6) is 0 Å². The molecule has 92 valence electrons. The lowest BCUT2D eigenvalue weighted by atomic mass is 9.93. The minimum absolute atomic E-state index is 0.130. The molecule has 2 aliphatic rings. The van der Waals surface area contributed by atoms with Gasteiger partial charge in [0.05, 0.1) is 5.54 Å². The summed E-state index contributed by atoms with van der Waals surface area (Å²) in [5.41, 5.74) is 5.22. The zero-order chi connectivity index (χ0) is 11.4. The lowest BCUT2D eigenvalue weighted by molar-refractivity contribution is -0.124. The van der Waals surface area contributed by atoms with Crippen LogP contribution >= 0.6 is 0 Å². The van der Waals surface area contributed by atoms with Gasteiger partial charge in [0.15, 0.2) is 0 Å². The van der Waals surface area contributed by atoms with Crippen LogP contribution in [0.4, 0.5) is 0 Å². The number of carbonyl (C=O) groups is 1. The summed E-state index contributed by atoms with van der Waals surface area (Å²) in [6, 6.07) is 0.521.